The smallest absolute Gasteiger partial charge is 0.272 e. The SMILES string of the molecule is CC(=NS(=O)C(C)(C)C)c1cc(-c2cc(-c3ncc(OCC(F)F)cn3)no2)ccc1F. The molecule has 0 aliphatic rings. The number of benzene rings is 1. The van der Waals surface area contributed by atoms with Gasteiger partial charge < -0.3 is 9.26 Å². The second-order valence-corrected chi connectivity index (χ2v) is 9.66. The third kappa shape index (κ3) is 5.78. The van der Waals surface area contributed by atoms with Gasteiger partial charge in [0.25, 0.3) is 6.43 Å². The molecule has 1 atom stereocenters. The van der Waals surface area contributed by atoms with Crippen LogP contribution in [0.2, 0.25) is 0 Å². The lowest BCUT2D eigenvalue weighted by atomic mass is 10.0. The lowest BCUT2D eigenvalue weighted by Gasteiger charge is -2.14. The van der Waals surface area contributed by atoms with Gasteiger partial charge in [0.05, 0.1) is 22.9 Å². The maximum Gasteiger partial charge on any atom is 0.272 e. The minimum absolute atomic E-state index is 0.100. The van der Waals surface area contributed by atoms with E-state index < -0.39 is 34.6 Å². The summed E-state index contributed by atoms with van der Waals surface area (Å²) in [5, 5.41) is 3.91. The Morgan fingerprint density at radius 1 is 1.22 bits per heavy atom. The van der Waals surface area contributed by atoms with Gasteiger partial charge in [-0.05, 0) is 45.9 Å². The van der Waals surface area contributed by atoms with E-state index in [4.69, 9.17) is 9.26 Å². The first-order chi connectivity index (χ1) is 15.0. The van der Waals surface area contributed by atoms with Gasteiger partial charge in [-0.2, -0.15) is 4.40 Å². The molecule has 0 aliphatic carbocycles. The second-order valence-electron chi connectivity index (χ2n) is 7.75. The largest absolute Gasteiger partial charge is 0.484 e. The number of halogens is 3. The van der Waals surface area contributed by atoms with Crippen molar-refractivity contribution in [3.8, 4) is 28.6 Å². The van der Waals surface area contributed by atoms with Crippen LogP contribution in [0.5, 0.6) is 5.75 Å². The monoisotopic (exact) mass is 466 g/mol. The predicted molar refractivity (Wildman–Crippen MR) is 115 cm³/mol. The lowest BCUT2D eigenvalue weighted by molar-refractivity contribution is 0.0815. The molecule has 0 radical (unpaired) electrons. The normalized spacial score (nSPS) is 13.4. The van der Waals surface area contributed by atoms with Crippen LogP contribution in [0.25, 0.3) is 22.8 Å². The van der Waals surface area contributed by atoms with Gasteiger partial charge >= 0.3 is 0 Å². The molecule has 3 rings (SSSR count). The summed E-state index contributed by atoms with van der Waals surface area (Å²) >= 11 is 0. The molecule has 1 unspecified atom stereocenters. The number of ether oxygens (including phenoxy) is 1. The van der Waals surface area contributed by atoms with Crippen LogP contribution in [0.15, 0.2) is 45.6 Å². The molecule has 0 bridgehead atoms. The summed E-state index contributed by atoms with van der Waals surface area (Å²) in [6.45, 7) is 6.17. The number of rotatable bonds is 7. The number of hydrogen-bond acceptors (Lipinski definition) is 6. The highest BCUT2D eigenvalue weighted by Gasteiger charge is 2.20. The van der Waals surface area contributed by atoms with Crippen LogP contribution in [0.1, 0.15) is 33.3 Å². The molecule has 0 N–H and O–H groups in total. The van der Waals surface area contributed by atoms with Crippen molar-refractivity contribution in [3.63, 3.8) is 0 Å². The maximum absolute atomic E-state index is 14.4. The first-order valence-electron chi connectivity index (χ1n) is 9.52. The fraction of sp³-hybridized carbons (Fsp3) is 0.333. The third-order valence-electron chi connectivity index (χ3n) is 4.13. The molecule has 0 aliphatic heterocycles. The van der Waals surface area contributed by atoms with Crippen LogP contribution < -0.4 is 4.74 Å². The van der Waals surface area contributed by atoms with Crippen LogP contribution in [0.4, 0.5) is 13.2 Å². The molecular formula is C21H21F3N4O3S. The molecule has 0 amide bonds. The van der Waals surface area contributed by atoms with Crippen LogP contribution in [-0.4, -0.2) is 42.8 Å². The molecule has 0 saturated carbocycles. The van der Waals surface area contributed by atoms with Crippen LogP contribution >= 0.6 is 0 Å². The Morgan fingerprint density at radius 3 is 2.53 bits per heavy atom. The Kier molecular flexibility index (Phi) is 7.07. The predicted octanol–water partition coefficient (Wildman–Crippen LogP) is 4.85. The zero-order chi connectivity index (χ0) is 23.5. The molecule has 2 aromatic heterocycles. The third-order valence-corrected chi connectivity index (χ3v) is 5.62. The molecule has 0 spiro atoms. The zero-order valence-corrected chi connectivity index (χ0v) is 18.6. The first-order valence-corrected chi connectivity index (χ1v) is 10.6. The average Bonchev–Trinajstić information content (AvgIpc) is 3.22. The van der Waals surface area contributed by atoms with Gasteiger partial charge in [0.15, 0.2) is 23.0 Å². The molecule has 170 valence electrons. The van der Waals surface area contributed by atoms with E-state index in [0.717, 1.165) is 0 Å². The van der Waals surface area contributed by atoms with Gasteiger partial charge in [-0.15, -0.1) is 0 Å². The minimum Gasteiger partial charge on any atom is -0.484 e. The Hall–Kier alpha value is -3.08. The van der Waals surface area contributed by atoms with E-state index in [1.54, 1.807) is 33.8 Å². The van der Waals surface area contributed by atoms with E-state index in [2.05, 4.69) is 19.5 Å². The topological polar surface area (TPSA) is 90.5 Å². The highest BCUT2D eigenvalue weighted by Crippen LogP contribution is 2.27. The number of aromatic nitrogens is 3. The zero-order valence-electron chi connectivity index (χ0n) is 17.8. The number of hydrogen-bond donors (Lipinski definition) is 0. The van der Waals surface area contributed by atoms with Crippen molar-refractivity contribution < 1.29 is 26.6 Å². The molecule has 1 aromatic carbocycles. The summed E-state index contributed by atoms with van der Waals surface area (Å²) < 4.78 is 64.8. The van der Waals surface area contributed by atoms with E-state index in [9.17, 15) is 17.4 Å². The van der Waals surface area contributed by atoms with Crippen molar-refractivity contribution >= 4 is 16.7 Å². The molecule has 3 aromatic rings. The van der Waals surface area contributed by atoms with Gasteiger partial charge in [0, 0.05) is 17.2 Å². The van der Waals surface area contributed by atoms with Gasteiger partial charge in [0.2, 0.25) is 0 Å². The highest BCUT2D eigenvalue weighted by molar-refractivity contribution is 7.85. The molecular weight excluding hydrogens is 445 g/mol. The van der Waals surface area contributed by atoms with E-state index in [0.29, 0.717) is 22.7 Å². The maximum atomic E-state index is 14.4. The summed E-state index contributed by atoms with van der Waals surface area (Å²) in [7, 11) is -1.54. The van der Waals surface area contributed by atoms with Crippen molar-refractivity contribution in [3.05, 3.63) is 48.0 Å². The number of alkyl halides is 2. The Morgan fingerprint density at radius 2 is 1.91 bits per heavy atom. The molecule has 11 heteroatoms. The van der Waals surface area contributed by atoms with E-state index >= 15 is 0 Å². The van der Waals surface area contributed by atoms with Crippen molar-refractivity contribution in [1.29, 1.82) is 0 Å². The first kappa shape index (κ1) is 23.6. The van der Waals surface area contributed by atoms with Gasteiger partial charge in [-0.3, -0.25) is 0 Å². The standard InChI is InChI=1S/C21H21F3N4O3S/c1-12(28-32(29)21(2,3)4)15-7-13(5-6-16(15)22)18-8-17(27-31-18)20-25-9-14(10-26-20)30-11-19(23)24/h5-10,19H,11H2,1-4H3. The van der Waals surface area contributed by atoms with E-state index in [1.165, 1.54) is 30.6 Å². The average molecular weight is 466 g/mol. The van der Waals surface area contributed by atoms with Crippen LogP contribution in [0, 0.1) is 5.82 Å². The van der Waals surface area contributed by atoms with Crippen molar-refractivity contribution in [2.45, 2.75) is 38.9 Å². The van der Waals surface area contributed by atoms with E-state index in [1.807, 2.05) is 0 Å². The van der Waals surface area contributed by atoms with Gasteiger partial charge in [-0.25, -0.2) is 27.3 Å². The number of nitrogens with zero attached hydrogens (tertiary/aromatic N) is 4. The molecule has 0 fully saturated rings. The van der Waals surface area contributed by atoms with E-state index in [-0.39, 0.29) is 17.1 Å². The summed E-state index contributed by atoms with van der Waals surface area (Å²) in [6.07, 6.45) is -0.0930. The Labute approximate surface area is 185 Å². The van der Waals surface area contributed by atoms with Crippen LogP contribution in [-0.2, 0) is 11.0 Å². The summed E-state index contributed by atoms with van der Waals surface area (Å²) in [5.74, 6) is 0.115. The summed E-state index contributed by atoms with van der Waals surface area (Å²) in [6, 6.07) is 5.86. The molecule has 0 saturated heterocycles. The minimum atomic E-state index is -2.60. The quantitative estimate of drug-likeness (QED) is 0.462. The van der Waals surface area contributed by atoms with Crippen molar-refractivity contribution in [2.24, 2.45) is 4.40 Å². The van der Waals surface area contributed by atoms with Crippen LogP contribution in [0.3, 0.4) is 0 Å². The summed E-state index contributed by atoms with van der Waals surface area (Å²) in [4.78, 5) is 8.07. The van der Waals surface area contributed by atoms with Crippen molar-refractivity contribution in [1.82, 2.24) is 15.1 Å². The lowest BCUT2D eigenvalue weighted by Crippen LogP contribution is -2.20. The second kappa shape index (κ2) is 9.60. The van der Waals surface area contributed by atoms with Gasteiger partial charge in [-0.1, -0.05) is 5.16 Å². The summed E-state index contributed by atoms with van der Waals surface area (Å²) in [5.41, 5.74) is 1.30. The Bertz CT molecular complexity index is 1140. The fourth-order valence-electron chi connectivity index (χ4n) is 2.47. The van der Waals surface area contributed by atoms with Gasteiger partial charge in [0.1, 0.15) is 23.4 Å². The molecule has 32 heavy (non-hydrogen) atoms. The molecule has 2 heterocycles. The van der Waals surface area contributed by atoms with Crippen molar-refractivity contribution in [2.75, 3.05) is 6.61 Å². The fourth-order valence-corrected chi connectivity index (χ4v) is 3.09. The molecule has 7 nitrogen and oxygen atoms in total. The Balaban J connectivity index is 1.84. The highest BCUT2D eigenvalue weighted by atomic mass is 32.2.